The van der Waals surface area contributed by atoms with Crippen molar-refractivity contribution in [1.29, 1.82) is 0 Å². The highest BCUT2D eigenvalue weighted by atomic mass is 32.2. The van der Waals surface area contributed by atoms with Crippen LogP contribution in [-0.4, -0.2) is 63.0 Å². The van der Waals surface area contributed by atoms with Crippen LogP contribution in [0, 0.1) is 5.92 Å². The van der Waals surface area contributed by atoms with E-state index in [1.807, 2.05) is 0 Å². The van der Waals surface area contributed by atoms with Crippen molar-refractivity contribution in [1.82, 2.24) is 19.8 Å². The molecule has 2 fully saturated rings. The topological polar surface area (TPSA) is 81.8 Å². The van der Waals surface area contributed by atoms with E-state index in [9.17, 15) is 13.2 Å². The fourth-order valence-corrected chi connectivity index (χ4v) is 6.80. The van der Waals surface area contributed by atoms with Gasteiger partial charge in [0.25, 0.3) is 0 Å². The zero-order chi connectivity index (χ0) is 23.3. The number of hydrogen-bond acceptors (Lipinski definition) is 5. The van der Waals surface area contributed by atoms with Crippen LogP contribution in [0.3, 0.4) is 0 Å². The summed E-state index contributed by atoms with van der Waals surface area (Å²) in [7, 11) is -3.53. The number of urea groups is 1. The summed E-state index contributed by atoms with van der Waals surface area (Å²) in [4.78, 5) is 18.7. The Labute approximate surface area is 201 Å². The molecule has 1 aromatic carbocycles. The highest BCUT2D eigenvalue weighted by molar-refractivity contribution is 7.89. The second-order valence-corrected chi connectivity index (χ2v) is 11.8. The second-order valence-electron chi connectivity index (χ2n) is 9.13. The summed E-state index contributed by atoms with van der Waals surface area (Å²) >= 11 is 1.74. The molecule has 4 rings (SSSR count). The number of nitrogens with one attached hydrogen (secondary N) is 2. The number of amides is 2. The van der Waals surface area contributed by atoms with Crippen molar-refractivity contribution in [3.63, 3.8) is 0 Å². The fourth-order valence-electron chi connectivity index (χ4n) is 4.61. The minimum Gasteiger partial charge on any atom is -0.336 e. The van der Waals surface area contributed by atoms with E-state index in [4.69, 9.17) is 0 Å². The number of carbonyl (C=O) groups is 1. The zero-order valence-corrected chi connectivity index (χ0v) is 20.8. The van der Waals surface area contributed by atoms with Crippen LogP contribution in [0.5, 0.6) is 0 Å². The maximum atomic E-state index is 12.9. The molecule has 0 bridgehead atoms. The number of thiophene rings is 1. The summed E-state index contributed by atoms with van der Waals surface area (Å²) in [6.07, 6.45) is 3.61. The molecule has 2 N–H and O–H groups in total. The van der Waals surface area contributed by atoms with Crippen LogP contribution < -0.4 is 10.0 Å². The number of piperidine rings is 2. The first kappa shape index (κ1) is 24.2. The van der Waals surface area contributed by atoms with Crippen molar-refractivity contribution in [3.05, 3.63) is 52.7 Å². The summed E-state index contributed by atoms with van der Waals surface area (Å²) in [5.41, 5.74) is 0. The largest absolute Gasteiger partial charge is 0.336 e. The predicted molar refractivity (Wildman–Crippen MR) is 132 cm³/mol. The van der Waals surface area contributed by atoms with E-state index in [1.165, 1.54) is 17.7 Å². The van der Waals surface area contributed by atoms with Crippen molar-refractivity contribution in [2.24, 2.45) is 5.92 Å². The molecule has 2 aliphatic heterocycles. The molecule has 2 amide bonds. The van der Waals surface area contributed by atoms with Gasteiger partial charge in [-0.1, -0.05) is 31.2 Å². The van der Waals surface area contributed by atoms with Gasteiger partial charge >= 0.3 is 6.03 Å². The highest BCUT2D eigenvalue weighted by Gasteiger charge is 2.29. The Bertz CT molecular complexity index is 982. The van der Waals surface area contributed by atoms with E-state index in [2.05, 4.69) is 39.4 Å². The van der Waals surface area contributed by atoms with Crippen LogP contribution in [-0.2, 0) is 10.0 Å². The summed E-state index contributed by atoms with van der Waals surface area (Å²) in [6.45, 7) is 6.10. The number of sulfonamides is 1. The number of hydrogen-bond donors (Lipinski definition) is 2. The molecule has 0 radical (unpaired) electrons. The van der Waals surface area contributed by atoms with Gasteiger partial charge in [0.05, 0.1) is 10.9 Å². The van der Waals surface area contributed by atoms with Gasteiger partial charge < -0.3 is 10.2 Å². The Morgan fingerprint density at radius 1 is 1.03 bits per heavy atom. The molecule has 2 aliphatic rings. The lowest BCUT2D eigenvalue weighted by molar-refractivity contribution is 0.133. The first-order valence-electron chi connectivity index (χ1n) is 11.8. The summed E-state index contributed by atoms with van der Waals surface area (Å²) in [5.74, 6) is 0.764. The molecule has 0 aliphatic carbocycles. The molecule has 1 atom stereocenters. The van der Waals surface area contributed by atoms with Gasteiger partial charge in [0, 0.05) is 30.6 Å². The number of benzene rings is 1. The van der Waals surface area contributed by atoms with Gasteiger partial charge in [-0.2, -0.15) is 0 Å². The molecule has 9 heteroatoms. The summed E-state index contributed by atoms with van der Waals surface area (Å²) in [5, 5.41) is 5.25. The summed E-state index contributed by atoms with van der Waals surface area (Å²) < 4.78 is 27.9. The van der Waals surface area contributed by atoms with E-state index in [0.717, 1.165) is 19.0 Å². The van der Waals surface area contributed by atoms with Crippen molar-refractivity contribution >= 4 is 27.4 Å². The molecule has 2 saturated heterocycles. The van der Waals surface area contributed by atoms with Crippen LogP contribution in [0.4, 0.5) is 4.79 Å². The number of carbonyl (C=O) groups excluding carboxylic acids is 1. The zero-order valence-electron chi connectivity index (χ0n) is 19.2. The van der Waals surface area contributed by atoms with Gasteiger partial charge in [-0.25, -0.2) is 17.9 Å². The molecule has 2 aromatic rings. The molecule has 0 saturated carbocycles. The number of rotatable bonds is 7. The Morgan fingerprint density at radius 3 is 2.36 bits per heavy atom. The third kappa shape index (κ3) is 6.35. The molecule has 7 nitrogen and oxygen atoms in total. The van der Waals surface area contributed by atoms with Gasteiger partial charge in [0.15, 0.2) is 0 Å². The number of likely N-dealkylation sites (tertiary alicyclic amines) is 2. The minimum atomic E-state index is -3.53. The molecule has 3 heterocycles. The van der Waals surface area contributed by atoms with Crippen LogP contribution in [0.15, 0.2) is 52.7 Å². The highest BCUT2D eigenvalue weighted by Crippen LogP contribution is 2.29. The lowest BCUT2D eigenvalue weighted by atomic mass is 9.97. The van der Waals surface area contributed by atoms with Gasteiger partial charge in [0.1, 0.15) is 0 Å². The maximum absolute atomic E-state index is 12.9. The quantitative estimate of drug-likeness (QED) is 0.621. The third-order valence-corrected chi connectivity index (χ3v) is 9.24. The third-order valence-electron chi connectivity index (χ3n) is 6.73. The Hall–Kier alpha value is -1.94. The first-order valence-corrected chi connectivity index (χ1v) is 14.2. The standard InChI is InChI=1S/C24H34N4O3S2/c1-19-9-13-27(14-10-19)22(23-8-5-17-32-23)18-25-24(29)28-15-11-20(12-16-28)26-33(30,31)21-6-3-2-4-7-21/h2-8,17,19-20,22,26H,9-16,18H2,1H3,(H,25,29)/t22-/m1/s1. The molecular weight excluding hydrogens is 456 g/mol. The van der Waals surface area contributed by atoms with Crippen LogP contribution in [0.25, 0.3) is 0 Å². The maximum Gasteiger partial charge on any atom is 0.317 e. The Balaban J connectivity index is 1.28. The van der Waals surface area contributed by atoms with Crippen molar-refractivity contribution < 1.29 is 13.2 Å². The van der Waals surface area contributed by atoms with Crippen molar-refractivity contribution in [2.75, 3.05) is 32.7 Å². The summed E-state index contributed by atoms with van der Waals surface area (Å²) in [6, 6.07) is 12.6. The fraction of sp³-hybridized carbons (Fsp3) is 0.542. The Kier molecular flexibility index (Phi) is 8.06. The van der Waals surface area contributed by atoms with Gasteiger partial charge in [-0.3, -0.25) is 4.90 Å². The Morgan fingerprint density at radius 2 is 1.73 bits per heavy atom. The van der Waals surface area contributed by atoms with E-state index in [1.54, 1.807) is 46.6 Å². The van der Waals surface area contributed by atoms with Gasteiger partial charge in [-0.15, -0.1) is 11.3 Å². The van der Waals surface area contributed by atoms with E-state index in [-0.39, 0.29) is 23.0 Å². The van der Waals surface area contributed by atoms with E-state index < -0.39 is 10.0 Å². The van der Waals surface area contributed by atoms with Crippen molar-refractivity contribution in [3.8, 4) is 0 Å². The second kappa shape index (κ2) is 11.0. The predicted octanol–water partition coefficient (Wildman–Crippen LogP) is 3.67. The average molecular weight is 491 g/mol. The van der Waals surface area contributed by atoms with Crippen LogP contribution in [0.1, 0.15) is 43.5 Å². The monoisotopic (exact) mass is 490 g/mol. The van der Waals surface area contributed by atoms with Gasteiger partial charge in [0.2, 0.25) is 10.0 Å². The molecule has 0 unspecified atom stereocenters. The molecule has 1 aromatic heterocycles. The van der Waals surface area contributed by atoms with Crippen molar-refractivity contribution in [2.45, 2.75) is 49.6 Å². The first-order chi connectivity index (χ1) is 15.9. The van der Waals surface area contributed by atoms with E-state index in [0.29, 0.717) is 32.5 Å². The normalized spacial score (nSPS) is 20.0. The molecule has 0 spiro atoms. The number of nitrogens with zero attached hydrogens (tertiary/aromatic N) is 2. The average Bonchev–Trinajstić information content (AvgIpc) is 3.36. The molecule has 180 valence electrons. The van der Waals surface area contributed by atoms with Gasteiger partial charge in [-0.05, 0) is 68.3 Å². The van der Waals surface area contributed by atoms with Crippen LogP contribution in [0.2, 0.25) is 0 Å². The molecular formula is C24H34N4O3S2. The lowest BCUT2D eigenvalue weighted by Crippen LogP contribution is -2.50. The molecule has 33 heavy (non-hydrogen) atoms. The van der Waals surface area contributed by atoms with Crippen LogP contribution >= 0.6 is 11.3 Å². The lowest BCUT2D eigenvalue weighted by Gasteiger charge is -2.37. The van der Waals surface area contributed by atoms with E-state index >= 15 is 0 Å². The SMILES string of the molecule is CC1CCN([C@H](CNC(=O)N2CCC(NS(=O)(=O)c3ccccc3)CC2)c2cccs2)CC1. The smallest absolute Gasteiger partial charge is 0.317 e. The minimum absolute atomic E-state index is 0.0636.